The van der Waals surface area contributed by atoms with Crippen LogP contribution in [-0.4, -0.2) is 17.5 Å². The molecule has 0 aliphatic carbocycles. The first-order valence-electron chi connectivity index (χ1n) is 3.76. The average molecular weight is 125 g/mol. The summed E-state index contributed by atoms with van der Waals surface area (Å²) in [6.45, 7) is 7.23. The molecule has 9 heavy (non-hydrogen) atoms. The Kier molecular flexibility index (Phi) is 2.15. The van der Waals surface area contributed by atoms with Crippen molar-refractivity contribution in [2.24, 2.45) is 0 Å². The van der Waals surface area contributed by atoms with Crippen LogP contribution in [0.2, 0.25) is 0 Å². The second-order valence-corrected chi connectivity index (χ2v) is 2.62. The minimum absolute atomic E-state index is 0.794. The molecule has 1 unspecified atom stereocenters. The fourth-order valence-corrected chi connectivity index (χ4v) is 1.54. The summed E-state index contributed by atoms with van der Waals surface area (Å²) in [6.07, 6.45) is 5.96. The molecule has 52 valence electrons. The Morgan fingerprint density at radius 1 is 1.78 bits per heavy atom. The molecule has 1 aliphatic rings. The van der Waals surface area contributed by atoms with Crippen LogP contribution < -0.4 is 0 Å². The SMILES string of the molecule is C=CN1CCCC1CC. The summed E-state index contributed by atoms with van der Waals surface area (Å²) in [4.78, 5) is 2.35. The Balaban J connectivity index is 2.41. The molecule has 0 N–H and O–H groups in total. The molecule has 1 heterocycles. The zero-order valence-electron chi connectivity index (χ0n) is 6.14. The number of hydrogen-bond acceptors (Lipinski definition) is 1. The average Bonchev–Trinajstić information content (AvgIpc) is 2.33. The van der Waals surface area contributed by atoms with Crippen molar-refractivity contribution in [1.82, 2.24) is 4.90 Å². The van der Waals surface area contributed by atoms with Gasteiger partial charge in [-0.2, -0.15) is 0 Å². The minimum atomic E-state index is 0.794. The minimum Gasteiger partial charge on any atom is -0.375 e. The third kappa shape index (κ3) is 1.26. The van der Waals surface area contributed by atoms with E-state index in [2.05, 4.69) is 18.4 Å². The van der Waals surface area contributed by atoms with E-state index in [0.29, 0.717) is 0 Å². The van der Waals surface area contributed by atoms with E-state index in [9.17, 15) is 0 Å². The van der Waals surface area contributed by atoms with Crippen LogP contribution in [0, 0.1) is 0 Å². The topological polar surface area (TPSA) is 3.24 Å². The molecule has 1 rings (SSSR count). The highest BCUT2D eigenvalue weighted by Crippen LogP contribution is 2.18. The number of rotatable bonds is 2. The summed E-state index contributed by atoms with van der Waals surface area (Å²) in [5.41, 5.74) is 0. The molecule has 0 aromatic carbocycles. The highest BCUT2D eigenvalue weighted by Gasteiger charge is 2.18. The maximum Gasteiger partial charge on any atom is 0.0282 e. The Hall–Kier alpha value is -0.460. The zero-order valence-corrected chi connectivity index (χ0v) is 6.14. The van der Waals surface area contributed by atoms with Crippen molar-refractivity contribution < 1.29 is 0 Å². The molecule has 1 saturated heterocycles. The fourth-order valence-electron chi connectivity index (χ4n) is 1.54. The van der Waals surface area contributed by atoms with Crippen molar-refractivity contribution in [3.63, 3.8) is 0 Å². The summed E-state index contributed by atoms with van der Waals surface area (Å²) in [7, 11) is 0. The highest BCUT2D eigenvalue weighted by atomic mass is 15.2. The summed E-state index contributed by atoms with van der Waals surface area (Å²) >= 11 is 0. The predicted octanol–water partition coefficient (Wildman–Crippen LogP) is 2.00. The number of nitrogens with zero attached hydrogens (tertiary/aromatic N) is 1. The Labute approximate surface area is 57.4 Å². The quantitative estimate of drug-likeness (QED) is 0.545. The van der Waals surface area contributed by atoms with Crippen molar-refractivity contribution in [3.8, 4) is 0 Å². The standard InChI is InChI=1S/C8H15N/c1-3-8-6-5-7-9(8)4-2/h4,8H,2-3,5-7H2,1H3. The maximum atomic E-state index is 3.77. The summed E-state index contributed by atoms with van der Waals surface area (Å²) < 4.78 is 0. The van der Waals surface area contributed by atoms with E-state index in [0.717, 1.165) is 6.04 Å². The molecule has 1 aliphatic heterocycles. The summed E-state index contributed by atoms with van der Waals surface area (Å²) in [6, 6.07) is 0.794. The van der Waals surface area contributed by atoms with Crippen LogP contribution in [0.1, 0.15) is 26.2 Å². The maximum absolute atomic E-state index is 3.77. The largest absolute Gasteiger partial charge is 0.375 e. The lowest BCUT2D eigenvalue weighted by Gasteiger charge is -2.19. The van der Waals surface area contributed by atoms with E-state index in [-0.39, 0.29) is 0 Å². The first-order valence-corrected chi connectivity index (χ1v) is 3.76. The molecule has 0 amide bonds. The summed E-state index contributed by atoms with van der Waals surface area (Å²) in [5.74, 6) is 0. The van der Waals surface area contributed by atoms with Gasteiger partial charge in [-0.1, -0.05) is 13.5 Å². The normalized spacial score (nSPS) is 26.8. The molecule has 1 atom stereocenters. The second-order valence-electron chi connectivity index (χ2n) is 2.62. The van der Waals surface area contributed by atoms with Gasteiger partial charge in [0.15, 0.2) is 0 Å². The van der Waals surface area contributed by atoms with Crippen molar-refractivity contribution in [2.45, 2.75) is 32.2 Å². The van der Waals surface area contributed by atoms with E-state index >= 15 is 0 Å². The predicted molar refractivity (Wildman–Crippen MR) is 40.2 cm³/mol. The molecular formula is C8H15N. The van der Waals surface area contributed by atoms with E-state index < -0.39 is 0 Å². The number of likely N-dealkylation sites (tertiary alicyclic amines) is 1. The van der Waals surface area contributed by atoms with Gasteiger partial charge in [-0.25, -0.2) is 0 Å². The van der Waals surface area contributed by atoms with Crippen LogP contribution in [0.4, 0.5) is 0 Å². The zero-order chi connectivity index (χ0) is 6.69. The van der Waals surface area contributed by atoms with Gasteiger partial charge >= 0.3 is 0 Å². The smallest absolute Gasteiger partial charge is 0.0282 e. The van der Waals surface area contributed by atoms with Gasteiger partial charge in [-0.15, -0.1) is 0 Å². The Morgan fingerprint density at radius 3 is 3.00 bits per heavy atom. The third-order valence-corrected chi connectivity index (χ3v) is 2.13. The Bertz CT molecular complexity index is 98.7. The number of hydrogen-bond donors (Lipinski definition) is 0. The van der Waals surface area contributed by atoms with Gasteiger partial charge in [0.1, 0.15) is 0 Å². The molecule has 1 heteroatoms. The van der Waals surface area contributed by atoms with E-state index in [1.54, 1.807) is 0 Å². The molecule has 0 bridgehead atoms. The van der Waals surface area contributed by atoms with E-state index in [1.165, 1.54) is 25.8 Å². The van der Waals surface area contributed by atoms with Crippen LogP contribution >= 0.6 is 0 Å². The first-order chi connectivity index (χ1) is 4.38. The van der Waals surface area contributed by atoms with Crippen molar-refractivity contribution in [3.05, 3.63) is 12.8 Å². The molecule has 0 aromatic rings. The van der Waals surface area contributed by atoms with Gasteiger partial charge in [0.25, 0.3) is 0 Å². The van der Waals surface area contributed by atoms with E-state index in [1.807, 2.05) is 6.20 Å². The van der Waals surface area contributed by atoms with E-state index in [4.69, 9.17) is 0 Å². The first kappa shape index (κ1) is 6.66. The van der Waals surface area contributed by atoms with Crippen molar-refractivity contribution in [2.75, 3.05) is 6.54 Å². The monoisotopic (exact) mass is 125 g/mol. The van der Waals surface area contributed by atoms with Crippen LogP contribution in [0.5, 0.6) is 0 Å². The molecular weight excluding hydrogens is 110 g/mol. The fraction of sp³-hybridized carbons (Fsp3) is 0.750. The molecule has 1 nitrogen and oxygen atoms in total. The van der Waals surface area contributed by atoms with Crippen LogP contribution in [0.25, 0.3) is 0 Å². The molecule has 0 radical (unpaired) electrons. The highest BCUT2D eigenvalue weighted by molar-refractivity contribution is 4.84. The molecule has 0 saturated carbocycles. The van der Waals surface area contributed by atoms with Gasteiger partial charge in [0.2, 0.25) is 0 Å². The van der Waals surface area contributed by atoms with Gasteiger partial charge in [-0.05, 0) is 25.5 Å². The van der Waals surface area contributed by atoms with Crippen molar-refractivity contribution in [1.29, 1.82) is 0 Å². The Morgan fingerprint density at radius 2 is 2.56 bits per heavy atom. The third-order valence-electron chi connectivity index (χ3n) is 2.13. The summed E-state index contributed by atoms with van der Waals surface area (Å²) in [5, 5.41) is 0. The lowest BCUT2D eigenvalue weighted by atomic mass is 10.2. The lowest BCUT2D eigenvalue weighted by Crippen LogP contribution is -2.22. The van der Waals surface area contributed by atoms with Crippen LogP contribution in [0.3, 0.4) is 0 Å². The van der Waals surface area contributed by atoms with Crippen LogP contribution in [0.15, 0.2) is 12.8 Å². The second kappa shape index (κ2) is 2.90. The van der Waals surface area contributed by atoms with Gasteiger partial charge in [0.05, 0.1) is 0 Å². The van der Waals surface area contributed by atoms with Crippen molar-refractivity contribution >= 4 is 0 Å². The lowest BCUT2D eigenvalue weighted by molar-refractivity contribution is 0.342. The van der Waals surface area contributed by atoms with Crippen LogP contribution in [-0.2, 0) is 0 Å². The van der Waals surface area contributed by atoms with Gasteiger partial charge < -0.3 is 4.90 Å². The molecule has 0 aromatic heterocycles. The molecule has 1 fully saturated rings. The van der Waals surface area contributed by atoms with Gasteiger partial charge in [0, 0.05) is 12.6 Å². The van der Waals surface area contributed by atoms with Gasteiger partial charge in [-0.3, -0.25) is 0 Å². The molecule has 0 spiro atoms.